The summed E-state index contributed by atoms with van der Waals surface area (Å²) in [6.07, 6.45) is 0.155. The normalized spacial score (nSPS) is 13.2. The number of benzene rings is 1. The predicted molar refractivity (Wildman–Crippen MR) is 94.4 cm³/mol. The Morgan fingerprint density at radius 3 is 2.80 bits per heavy atom. The van der Waals surface area contributed by atoms with Gasteiger partial charge in [-0.3, -0.25) is 14.4 Å². The van der Waals surface area contributed by atoms with Gasteiger partial charge >= 0.3 is 0 Å². The van der Waals surface area contributed by atoms with E-state index in [1.807, 2.05) is 0 Å². The summed E-state index contributed by atoms with van der Waals surface area (Å²) in [7, 11) is 1.63. The molecule has 8 nitrogen and oxygen atoms in total. The molecule has 0 unspecified atom stereocenters. The first-order valence-corrected chi connectivity index (χ1v) is 8.27. The summed E-state index contributed by atoms with van der Waals surface area (Å²) >= 11 is 0. The molecule has 0 radical (unpaired) electrons. The number of hydrogen-bond acceptors (Lipinski definition) is 5. The zero-order chi connectivity index (χ0) is 18.1. The first-order chi connectivity index (χ1) is 12.1. The molecule has 0 spiro atoms. The number of nitrogens with one attached hydrogen (secondary N) is 3. The van der Waals surface area contributed by atoms with Gasteiger partial charge in [0, 0.05) is 39.6 Å². The van der Waals surface area contributed by atoms with Gasteiger partial charge in [-0.1, -0.05) is 12.1 Å². The Labute approximate surface area is 146 Å². The average Bonchev–Trinajstić information content (AvgIpc) is 2.61. The molecule has 0 aromatic heterocycles. The van der Waals surface area contributed by atoms with Crippen molar-refractivity contribution in [3.8, 4) is 0 Å². The van der Waals surface area contributed by atoms with Crippen LogP contribution in [0, 0.1) is 0 Å². The molecule has 3 amide bonds. The Bertz CT molecular complexity index is 620. The first kappa shape index (κ1) is 18.9. The summed E-state index contributed by atoms with van der Waals surface area (Å²) in [5.74, 6) is -0.661. The van der Waals surface area contributed by atoms with E-state index in [4.69, 9.17) is 4.74 Å². The molecular formula is C17H24N4O4. The highest BCUT2D eigenvalue weighted by Crippen LogP contribution is 2.29. The van der Waals surface area contributed by atoms with Crippen LogP contribution in [0.1, 0.15) is 12.8 Å². The highest BCUT2D eigenvalue weighted by molar-refractivity contribution is 6.10. The molecule has 0 bridgehead atoms. The lowest BCUT2D eigenvalue weighted by Crippen LogP contribution is -2.42. The minimum absolute atomic E-state index is 0.0269. The summed E-state index contributed by atoms with van der Waals surface area (Å²) in [4.78, 5) is 37.4. The molecule has 1 heterocycles. The molecule has 1 aromatic carbocycles. The highest BCUT2D eigenvalue weighted by Gasteiger charge is 2.26. The molecule has 1 aromatic rings. The van der Waals surface area contributed by atoms with E-state index in [0.29, 0.717) is 31.1 Å². The number of hydrogen-bond donors (Lipinski definition) is 3. The van der Waals surface area contributed by atoms with Gasteiger partial charge in [0.15, 0.2) is 0 Å². The second-order valence-electron chi connectivity index (χ2n) is 5.64. The third-order valence-electron chi connectivity index (χ3n) is 3.74. The Hall–Kier alpha value is -2.45. The van der Waals surface area contributed by atoms with Crippen LogP contribution in [0.25, 0.3) is 0 Å². The van der Waals surface area contributed by atoms with Crippen LogP contribution in [0.5, 0.6) is 0 Å². The van der Waals surface area contributed by atoms with Gasteiger partial charge in [0.05, 0.1) is 18.0 Å². The summed E-state index contributed by atoms with van der Waals surface area (Å²) < 4.78 is 4.90. The molecule has 0 saturated heterocycles. The number of amides is 3. The second-order valence-corrected chi connectivity index (χ2v) is 5.64. The van der Waals surface area contributed by atoms with Gasteiger partial charge in [-0.2, -0.15) is 0 Å². The third-order valence-corrected chi connectivity index (χ3v) is 3.74. The van der Waals surface area contributed by atoms with Crippen molar-refractivity contribution in [1.82, 2.24) is 10.6 Å². The molecule has 2 rings (SSSR count). The Balaban J connectivity index is 1.75. The van der Waals surface area contributed by atoms with Crippen LogP contribution >= 0.6 is 0 Å². The number of carbonyl (C=O) groups is 3. The van der Waals surface area contributed by atoms with Crippen molar-refractivity contribution in [1.29, 1.82) is 0 Å². The summed E-state index contributed by atoms with van der Waals surface area (Å²) in [5, 5.41) is 8.60. The number of carbonyl (C=O) groups excluding carboxylic acids is 3. The van der Waals surface area contributed by atoms with Crippen molar-refractivity contribution in [3.05, 3.63) is 24.3 Å². The molecule has 0 saturated carbocycles. The molecule has 3 N–H and O–H groups in total. The van der Waals surface area contributed by atoms with Crippen LogP contribution < -0.4 is 20.9 Å². The molecule has 0 fully saturated rings. The van der Waals surface area contributed by atoms with Gasteiger partial charge in [0.1, 0.15) is 6.54 Å². The monoisotopic (exact) mass is 348 g/mol. The number of ether oxygens (including phenoxy) is 1. The molecule has 136 valence electrons. The SMILES string of the molecule is COCCNCCNC(=O)CCC(=O)N1CC(=O)Nc2ccccc21. The standard InChI is InChI=1S/C17H24N4O4/c1-25-11-10-18-8-9-19-15(22)6-7-17(24)21-12-16(23)20-13-4-2-3-5-14(13)21/h2-5,18H,6-12H2,1H3,(H,19,22)(H,20,23). The van der Waals surface area contributed by atoms with Crippen LogP contribution in [0.2, 0.25) is 0 Å². The largest absolute Gasteiger partial charge is 0.383 e. The number of methoxy groups -OCH3 is 1. The lowest BCUT2D eigenvalue weighted by molar-refractivity contribution is -0.125. The first-order valence-electron chi connectivity index (χ1n) is 8.27. The van der Waals surface area contributed by atoms with Crippen molar-refractivity contribution >= 4 is 29.1 Å². The maximum Gasteiger partial charge on any atom is 0.244 e. The van der Waals surface area contributed by atoms with Crippen LogP contribution in [-0.4, -0.2) is 57.6 Å². The summed E-state index contributed by atoms with van der Waals surface area (Å²) in [6, 6.07) is 7.12. The fourth-order valence-electron chi connectivity index (χ4n) is 2.49. The van der Waals surface area contributed by atoms with Crippen molar-refractivity contribution in [2.75, 3.05) is 50.1 Å². The summed E-state index contributed by atoms with van der Waals surface area (Å²) in [5.41, 5.74) is 1.27. The average molecular weight is 348 g/mol. The third kappa shape index (κ3) is 5.84. The van der Waals surface area contributed by atoms with Gasteiger partial charge < -0.3 is 25.6 Å². The maximum absolute atomic E-state index is 12.4. The fraction of sp³-hybridized carbons (Fsp3) is 0.471. The number of nitrogens with zero attached hydrogens (tertiary/aromatic N) is 1. The van der Waals surface area contributed by atoms with Crippen molar-refractivity contribution in [2.45, 2.75) is 12.8 Å². The molecule has 1 aliphatic rings. The molecule has 1 aliphatic heterocycles. The number of para-hydroxylation sites is 2. The fourth-order valence-corrected chi connectivity index (χ4v) is 2.49. The van der Waals surface area contributed by atoms with Crippen molar-refractivity contribution < 1.29 is 19.1 Å². The molecular weight excluding hydrogens is 324 g/mol. The van der Waals surface area contributed by atoms with E-state index < -0.39 is 0 Å². The van der Waals surface area contributed by atoms with E-state index in [9.17, 15) is 14.4 Å². The van der Waals surface area contributed by atoms with Crippen molar-refractivity contribution in [3.63, 3.8) is 0 Å². The van der Waals surface area contributed by atoms with E-state index >= 15 is 0 Å². The van der Waals surface area contributed by atoms with Crippen LogP contribution in [0.4, 0.5) is 11.4 Å². The Morgan fingerprint density at radius 2 is 2.00 bits per heavy atom. The van der Waals surface area contributed by atoms with Gasteiger partial charge in [0.25, 0.3) is 0 Å². The van der Waals surface area contributed by atoms with Crippen LogP contribution in [0.3, 0.4) is 0 Å². The van der Waals surface area contributed by atoms with E-state index in [0.717, 1.165) is 6.54 Å². The van der Waals surface area contributed by atoms with E-state index in [2.05, 4.69) is 16.0 Å². The minimum Gasteiger partial charge on any atom is -0.383 e. The van der Waals surface area contributed by atoms with Gasteiger partial charge in [-0.05, 0) is 12.1 Å². The molecule has 8 heteroatoms. The number of fused-ring (bicyclic) bond motifs is 1. The molecule has 0 aliphatic carbocycles. The van der Waals surface area contributed by atoms with Gasteiger partial charge in [-0.25, -0.2) is 0 Å². The quantitative estimate of drug-likeness (QED) is 0.550. The highest BCUT2D eigenvalue weighted by atomic mass is 16.5. The molecule has 0 atom stereocenters. The van der Waals surface area contributed by atoms with Crippen LogP contribution in [0.15, 0.2) is 24.3 Å². The number of rotatable bonds is 9. The zero-order valence-electron chi connectivity index (χ0n) is 14.3. The van der Waals surface area contributed by atoms with E-state index in [1.165, 1.54) is 4.90 Å². The number of anilines is 2. The van der Waals surface area contributed by atoms with E-state index in [-0.39, 0.29) is 37.1 Å². The topological polar surface area (TPSA) is 99.8 Å². The maximum atomic E-state index is 12.4. The van der Waals surface area contributed by atoms with Crippen molar-refractivity contribution in [2.24, 2.45) is 0 Å². The Kier molecular flexibility index (Phi) is 7.36. The predicted octanol–water partition coefficient (Wildman–Crippen LogP) is 0.104. The van der Waals surface area contributed by atoms with Gasteiger partial charge in [-0.15, -0.1) is 0 Å². The molecule has 25 heavy (non-hydrogen) atoms. The zero-order valence-corrected chi connectivity index (χ0v) is 14.3. The van der Waals surface area contributed by atoms with E-state index in [1.54, 1.807) is 31.4 Å². The summed E-state index contributed by atoms with van der Waals surface area (Å²) in [6.45, 7) is 2.45. The lowest BCUT2D eigenvalue weighted by atomic mass is 10.1. The Morgan fingerprint density at radius 1 is 1.20 bits per heavy atom. The van der Waals surface area contributed by atoms with Crippen LogP contribution in [-0.2, 0) is 19.1 Å². The lowest BCUT2D eigenvalue weighted by Gasteiger charge is -2.29. The van der Waals surface area contributed by atoms with Gasteiger partial charge in [0.2, 0.25) is 17.7 Å². The second kappa shape index (κ2) is 9.75. The minimum atomic E-state index is -0.240. The smallest absolute Gasteiger partial charge is 0.244 e.